The Bertz CT molecular complexity index is 59.8. The van der Waals surface area contributed by atoms with Crippen LogP contribution in [0.2, 0.25) is 0 Å². The number of thiocarbonyl (C=S) groups is 1. The largest absolute Gasteiger partial charge is 0.364 e. The minimum Gasteiger partial charge on any atom is -0.364 e. The van der Waals surface area contributed by atoms with Gasteiger partial charge in [0.05, 0.1) is 0 Å². The van der Waals surface area contributed by atoms with Crippen molar-refractivity contribution < 1.29 is 10.2 Å². The van der Waals surface area contributed by atoms with Gasteiger partial charge in [0.15, 0.2) is 6.29 Å². The van der Waals surface area contributed by atoms with Crippen LogP contribution in [-0.4, -0.2) is 21.4 Å². The standard InChI is InChI=1S/C3H6O2S/c1-2(6)3(4)5/h3-5H,1H3. The zero-order valence-corrected chi connectivity index (χ0v) is 4.20. The molecule has 0 unspecified atom stereocenters. The second-order valence-electron chi connectivity index (χ2n) is 0.984. The molecule has 0 radical (unpaired) electrons. The van der Waals surface area contributed by atoms with Crippen LogP contribution in [0.4, 0.5) is 0 Å². The summed E-state index contributed by atoms with van der Waals surface area (Å²) in [5.74, 6) is 0. The Balaban J connectivity index is 3.26. The number of aliphatic hydroxyl groups excluding tert-OH is 1. The molecule has 0 aromatic carbocycles. The second-order valence-corrected chi connectivity index (χ2v) is 1.63. The molecule has 36 valence electrons. The van der Waals surface area contributed by atoms with Crippen LogP contribution in [0.25, 0.3) is 0 Å². The first-order valence-electron chi connectivity index (χ1n) is 1.51. The molecular formula is C3H6O2S. The SMILES string of the molecule is CC(=S)C(O)O. The van der Waals surface area contributed by atoms with Crippen LogP contribution in [0.5, 0.6) is 0 Å². The van der Waals surface area contributed by atoms with Crippen molar-refractivity contribution in [3.8, 4) is 0 Å². The summed E-state index contributed by atoms with van der Waals surface area (Å²) in [4.78, 5) is 0.204. The van der Waals surface area contributed by atoms with Crippen LogP contribution in [0.15, 0.2) is 0 Å². The Morgan fingerprint density at radius 3 is 1.83 bits per heavy atom. The summed E-state index contributed by atoms with van der Waals surface area (Å²) < 4.78 is 0. The molecule has 2 nitrogen and oxygen atoms in total. The average Bonchev–Trinajstić information content (AvgIpc) is 1.36. The maximum atomic E-state index is 8.04. The Morgan fingerprint density at radius 2 is 1.83 bits per heavy atom. The molecule has 0 aromatic heterocycles. The Kier molecular flexibility index (Phi) is 2.23. The molecule has 0 aliphatic heterocycles. The van der Waals surface area contributed by atoms with Gasteiger partial charge in [0.2, 0.25) is 0 Å². The molecule has 0 aliphatic carbocycles. The Labute approximate surface area is 41.4 Å². The topological polar surface area (TPSA) is 40.5 Å². The molecule has 0 saturated heterocycles. The van der Waals surface area contributed by atoms with Crippen molar-refractivity contribution in [1.82, 2.24) is 0 Å². The van der Waals surface area contributed by atoms with E-state index in [1.165, 1.54) is 6.92 Å². The smallest absolute Gasteiger partial charge is 0.184 e. The molecule has 0 aliphatic rings. The van der Waals surface area contributed by atoms with Gasteiger partial charge in [-0.2, -0.15) is 0 Å². The van der Waals surface area contributed by atoms with Gasteiger partial charge < -0.3 is 10.2 Å². The highest BCUT2D eigenvalue weighted by molar-refractivity contribution is 7.80. The van der Waals surface area contributed by atoms with Crippen molar-refractivity contribution in [3.05, 3.63) is 0 Å². The molecule has 0 atom stereocenters. The molecule has 0 spiro atoms. The van der Waals surface area contributed by atoms with E-state index in [9.17, 15) is 0 Å². The minimum atomic E-state index is -1.42. The molecule has 6 heavy (non-hydrogen) atoms. The van der Waals surface area contributed by atoms with Crippen molar-refractivity contribution in [2.75, 3.05) is 0 Å². The summed E-state index contributed by atoms with van der Waals surface area (Å²) in [6.07, 6.45) is -1.42. The van der Waals surface area contributed by atoms with Crippen LogP contribution >= 0.6 is 12.2 Å². The Morgan fingerprint density at radius 1 is 1.67 bits per heavy atom. The first-order valence-corrected chi connectivity index (χ1v) is 1.92. The first-order chi connectivity index (χ1) is 2.64. The van der Waals surface area contributed by atoms with E-state index in [0.29, 0.717) is 0 Å². The third-order valence-corrected chi connectivity index (χ3v) is 0.574. The van der Waals surface area contributed by atoms with Gasteiger partial charge >= 0.3 is 0 Å². The summed E-state index contributed by atoms with van der Waals surface area (Å²) in [5, 5.41) is 16.1. The lowest BCUT2D eigenvalue weighted by molar-refractivity contribution is 0.0213. The van der Waals surface area contributed by atoms with Crippen LogP contribution in [0.1, 0.15) is 6.92 Å². The number of hydrogen-bond acceptors (Lipinski definition) is 3. The fraction of sp³-hybridized carbons (Fsp3) is 0.667. The van der Waals surface area contributed by atoms with E-state index in [-0.39, 0.29) is 4.86 Å². The number of rotatable bonds is 1. The van der Waals surface area contributed by atoms with E-state index in [4.69, 9.17) is 10.2 Å². The van der Waals surface area contributed by atoms with Gasteiger partial charge in [0, 0.05) is 4.86 Å². The van der Waals surface area contributed by atoms with E-state index in [1.807, 2.05) is 0 Å². The first kappa shape index (κ1) is 6.01. The third kappa shape index (κ3) is 2.26. The average molecular weight is 106 g/mol. The lowest BCUT2D eigenvalue weighted by Crippen LogP contribution is -2.12. The number of aliphatic hydroxyl groups is 2. The van der Waals surface area contributed by atoms with E-state index >= 15 is 0 Å². The minimum absolute atomic E-state index is 0.204. The fourth-order valence-electron chi connectivity index (χ4n) is 0. The van der Waals surface area contributed by atoms with Gasteiger partial charge in [-0.15, -0.1) is 0 Å². The van der Waals surface area contributed by atoms with Crippen LogP contribution in [-0.2, 0) is 0 Å². The molecule has 0 heterocycles. The van der Waals surface area contributed by atoms with Gasteiger partial charge in [0.25, 0.3) is 0 Å². The highest BCUT2D eigenvalue weighted by Gasteiger charge is 1.94. The van der Waals surface area contributed by atoms with Gasteiger partial charge in [0.1, 0.15) is 0 Å². The lowest BCUT2D eigenvalue weighted by atomic mass is 10.5. The van der Waals surface area contributed by atoms with Crippen molar-refractivity contribution in [2.45, 2.75) is 13.2 Å². The maximum absolute atomic E-state index is 8.04. The number of hydrogen-bond donors (Lipinski definition) is 2. The van der Waals surface area contributed by atoms with Crippen LogP contribution in [0.3, 0.4) is 0 Å². The lowest BCUT2D eigenvalue weighted by Gasteiger charge is -1.93. The zero-order valence-electron chi connectivity index (χ0n) is 3.38. The molecular weight excluding hydrogens is 100 g/mol. The zero-order chi connectivity index (χ0) is 5.15. The van der Waals surface area contributed by atoms with Crippen molar-refractivity contribution >= 4 is 17.1 Å². The fourth-order valence-corrected chi connectivity index (χ4v) is 0. The highest BCUT2D eigenvalue weighted by Crippen LogP contribution is 1.78. The van der Waals surface area contributed by atoms with Crippen LogP contribution in [0, 0.1) is 0 Å². The summed E-state index contributed by atoms with van der Waals surface area (Å²) in [6, 6.07) is 0. The predicted molar refractivity (Wildman–Crippen MR) is 26.5 cm³/mol. The van der Waals surface area contributed by atoms with E-state index in [2.05, 4.69) is 12.2 Å². The highest BCUT2D eigenvalue weighted by atomic mass is 32.1. The molecule has 0 fully saturated rings. The monoisotopic (exact) mass is 106 g/mol. The van der Waals surface area contributed by atoms with Gasteiger partial charge in [-0.05, 0) is 6.92 Å². The predicted octanol–water partition coefficient (Wildman–Crippen LogP) is -0.313. The van der Waals surface area contributed by atoms with Gasteiger partial charge in [-0.1, -0.05) is 12.2 Å². The van der Waals surface area contributed by atoms with Gasteiger partial charge in [-0.3, -0.25) is 0 Å². The van der Waals surface area contributed by atoms with Gasteiger partial charge in [-0.25, -0.2) is 0 Å². The molecule has 0 rings (SSSR count). The molecule has 0 bridgehead atoms. The quantitative estimate of drug-likeness (QED) is 0.356. The van der Waals surface area contributed by atoms with Crippen LogP contribution < -0.4 is 0 Å². The maximum Gasteiger partial charge on any atom is 0.184 e. The van der Waals surface area contributed by atoms with Crippen molar-refractivity contribution in [2.24, 2.45) is 0 Å². The summed E-state index contributed by atoms with van der Waals surface area (Å²) in [7, 11) is 0. The summed E-state index contributed by atoms with van der Waals surface area (Å²) in [5.41, 5.74) is 0. The van der Waals surface area contributed by atoms with E-state index < -0.39 is 6.29 Å². The van der Waals surface area contributed by atoms with Crippen molar-refractivity contribution in [1.29, 1.82) is 0 Å². The van der Waals surface area contributed by atoms with E-state index in [0.717, 1.165) is 0 Å². The van der Waals surface area contributed by atoms with Crippen molar-refractivity contribution in [3.63, 3.8) is 0 Å². The molecule has 0 aromatic rings. The molecule has 2 N–H and O–H groups in total. The molecule has 3 heteroatoms. The third-order valence-electron chi connectivity index (χ3n) is 0.364. The summed E-state index contributed by atoms with van der Waals surface area (Å²) in [6.45, 7) is 1.47. The van der Waals surface area contributed by atoms with E-state index in [1.54, 1.807) is 0 Å². The second kappa shape index (κ2) is 2.23. The Hall–Kier alpha value is 0.0100. The molecule has 0 saturated carbocycles. The molecule has 0 amide bonds. The normalized spacial score (nSPS) is 9.33. The summed E-state index contributed by atoms with van der Waals surface area (Å²) >= 11 is 4.32.